The Morgan fingerprint density at radius 1 is 0.703 bits per heavy atom. The molecule has 0 aromatic heterocycles. The first-order chi connectivity index (χ1) is 30.6. The molecule has 7 atom stereocenters. The second-order valence-corrected chi connectivity index (χ2v) is 19.2. The van der Waals surface area contributed by atoms with Gasteiger partial charge in [0.2, 0.25) is 0 Å². The third kappa shape index (κ3) is 32.6. The van der Waals surface area contributed by atoms with Gasteiger partial charge in [-0.25, -0.2) is 4.57 Å². The van der Waals surface area contributed by atoms with E-state index < -0.39 is 69.2 Å². The Hall–Kier alpha value is -3.00. The zero-order valence-electron chi connectivity index (χ0n) is 39.8. The minimum absolute atomic E-state index is 0.0503. The van der Waals surface area contributed by atoms with E-state index in [9.17, 15) is 39.2 Å². The van der Waals surface area contributed by atoms with Crippen molar-refractivity contribution in [3.63, 3.8) is 0 Å². The smallest absolute Gasteiger partial charge is 0.462 e. The third-order valence-corrected chi connectivity index (χ3v) is 11.7. The van der Waals surface area contributed by atoms with E-state index >= 15 is 0 Å². The molecule has 0 spiro atoms. The molecule has 1 rings (SSSR count). The fourth-order valence-electron chi connectivity index (χ4n) is 6.87. The van der Waals surface area contributed by atoms with Crippen molar-refractivity contribution in [2.45, 2.75) is 167 Å². The van der Waals surface area contributed by atoms with Crippen molar-refractivity contribution < 1.29 is 62.2 Å². The fraction of sp³-hybridized carbons (Fsp3) is 0.700. The highest BCUT2D eigenvalue weighted by Gasteiger charge is 2.41. The van der Waals surface area contributed by atoms with Gasteiger partial charge in [-0.1, -0.05) is 119 Å². The number of ether oxygens (including phenoxy) is 2. The van der Waals surface area contributed by atoms with Gasteiger partial charge in [0.05, 0.1) is 46.1 Å². The Kier molecular flexibility index (Phi) is 33.3. The summed E-state index contributed by atoms with van der Waals surface area (Å²) in [6.45, 7) is 3.75. The molecule has 1 unspecified atom stereocenters. The van der Waals surface area contributed by atoms with Gasteiger partial charge in [0.1, 0.15) is 25.5 Å². The molecule has 1 aliphatic rings. The van der Waals surface area contributed by atoms with Crippen molar-refractivity contribution in [2.75, 3.05) is 47.5 Å². The number of carbonyl (C=O) groups is 3. The highest BCUT2D eigenvalue weighted by molar-refractivity contribution is 7.47. The molecule has 0 bridgehead atoms. The maximum Gasteiger partial charge on any atom is 0.472 e. The van der Waals surface area contributed by atoms with Crippen molar-refractivity contribution >= 4 is 25.5 Å². The highest BCUT2D eigenvalue weighted by Crippen LogP contribution is 2.43. The Morgan fingerprint density at radius 2 is 1.28 bits per heavy atom. The average Bonchev–Trinajstić information content (AvgIpc) is 3.50. The third-order valence-electron chi connectivity index (χ3n) is 10.7. The number of Topliss-reactive ketones (excluding diaryl/α,β-unsaturated/α-hetero) is 1. The number of aliphatic hydroxyl groups excluding tert-OH is 3. The number of esters is 2. The number of nitrogens with zero attached hydrogens (tertiary/aromatic N) is 1. The fourth-order valence-corrected chi connectivity index (χ4v) is 7.62. The van der Waals surface area contributed by atoms with Crippen LogP contribution in [0.15, 0.2) is 72.9 Å². The maximum atomic E-state index is 12.9. The van der Waals surface area contributed by atoms with Gasteiger partial charge < -0.3 is 34.2 Å². The van der Waals surface area contributed by atoms with Crippen LogP contribution in [0.5, 0.6) is 0 Å². The molecule has 0 amide bonds. The largest absolute Gasteiger partial charge is 0.472 e. The van der Waals surface area contributed by atoms with Crippen molar-refractivity contribution in [1.29, 1.82) is 0 Å². The van der Waals surface area contributed by atoms with Gasteiger partial charge >= 0.3 is 19.8 Å². The van der Waals surface area contributed by atoms with Crippen molar-refractivity contribution in [3.8, 4) is 0 Å². The number of hydrogen-bond donors (Lipinski definition) is 4. The zero-order chi connectivity index (χ0) is 47.5. The zero-order valence-corrected chi connectivity index (χ0v) is 40.7. The van der Waals surface area contributed by atoms with E-state index in [4.69, 9.17) is 18.5 Å². The van der Waals surface area contributed by atoms with Crippen LogP contribution in [-0.4, -0.2) is 114 Å². The first-order valence-corrected chi connectivity index (χ1v) is 25.3. The second kappa shape index (κ2) is 36.2. The quantitative estimate of drug-likeness (QED) is 0.0151. The minimum Gasteiger partial charge on any atom is -0.462 e. The topological polar surface area (TPSA) is 186 Å². The molecule has 4 N–H and O–H groups in total. The number of aliphatic hydroxyl groups is 3. The molecule has 0 aromatic rings. The van der Waals surface area contributed by atoms with Gasteiger partial charge in [-0.3, -0.25) is 23.4 Å². The van der Waals surface area contributed by atoms with E-state index in [1.165, 1.54) is 19.3 Å². The summed E-state index contributed by atoms with van der Waals surface area (Å²) in [5, 5.41) is 31.4. The van der Waals surface area contributed by atoms with Crippen LogP contribution in [0, 0.1) is 11.8 Å². The van der Waals surface area contributed by atoms with Crippen LogP contribution < -0.4 is 0 Å². The van der Waals surface area contributed by atoms with Crippen LogP contribution in [0.1, 0.15) is 142 Å². The summed E-state index contributed by atoms with van der Waals surface area (Å²) in [5.74, 6) is -2.22. The Morgan fingerprint density at radius 3 is 1.89 bits per heavy atom. The summed E-state index contributed by atoms with van der Waals surface area (Å²) in [6, 6.07) is 0. The molecule has 64 heavy (non-hydrogen) atoms. The molecular formula is C50H85NO12P+. The van der Waals surface area contributed by atoms with Crippen molar-refractivity contribution in [3.05, 3.63) is 72.9 Å². The number of phosphoric ester groups is 1. The van der Waals surface area contributed by atoms with Crippen molar-refractivity contribution in [1.82, 2.24) is 0 Å². The number of quaternary nitrogens is 1. The van der Waals surface area contributed by atoms with E-state index in [0.29, 0.717) is 36.7 Å². The van der Waals surface area contributed by atoms with Crippen LogP contribution in [0.3, 0.4) is 0 Å². The van der Waals surface area contributed by atoms with Gasteiger partial charge in [-0.2, -0.15) is 0 Å². The standard InChI is InChI=1S/C50H84NO12P/c1-6-8-10-11-12-13-14-15-16-17-18-19-20-21-22-23-24-25-27-32-49(56)60-40-44(41-62-64(58,59)61-37-36-51(3,4)5)63-50(57)33-29-28-31-43(53)38-46-45(47(54)39-48(46)55)35-34-42(52)30-26-9-7-2/h12-13,15-16,18-19,21-22,24-25,34-35,42,44-48,52,54-55H,6-11,14,17,20,23,26-33,36-41H2,1-5H3/p+1/b13-12-,16-15-,19-18-,22-21-,25-24-,35-34+/t42-,44+,45+,46+,47+,48-/m0/s1. The molecule has 0 saturated heterocycles. The minimum atomic E-state index is -4.50. The number of ketones is 1. The monoisotopic (exact) mass is 923 g/mol. The van der Waals surface area contributed by atoms with Crippen molar-refractivity contribution in [2.24, 2.45) is 11.8 Å². The van der Waals surface area contributed by atoms with E-state index in [1.807, 2.05) is 33.3 Å². The van der Waals surface area contributed by atoms with Crippen LogP contribution in [0.2, 0.25) is 0 Å². The van der Waals surface area contributed by atoms with Crippen LogP contribution >= 0.6 is 7.82 Å². The molecule has 0 radical (unpaired) electrons. The van der Waals surface area contributed by atoms with Gasteiger partial charge in [0.25, 0.3) is 0 Å². The van der Waals surface area contributed by atoms with E-state index in [1.54, 1.807) is 12.2 Å². The molecule has 14 heteroatoms. The number of likely N-dealkylation sites (N-methyl/N-ethyl adjacent to an activating group) is 1. The van der Waals surface area contributed by atoms with E-state index in [0.717, 1.165) is 51.4 Å². The summed E-state index contributed by atoms with van der Waals surface area (Å²) in [7, 11) is 1.20. The number of hydrogen-bond acceptors (Lipinski definition) is 11. The lowest BCUT2D eigenvalue weighted by Gasteiger charge is -2.24. The Balaban J connectivity index is 2.55. The predicted molar refractivity (Wildman–Crippen MR) is 254 cm³/mol. The highest BCUT2D eigenvalue weighted by atomic mass is 31.2. The molecule has 1 saturated carbocycles. The normalized spacial score (nSPS) is 20.4. The molecule has 0 heterocycles. The summed E-state index contributed by atoms with van der Waals surface area (Å²) >= 11 is 0. The Labute approximate surface area is 385 Å². The lowest BCUT2D eigenvalue weighted by atomic mass is 9.87. The summed E-state index contributed by atoms with van der Waals surface area (Å²) in [6.07, 6.45) is 34.5. The van der Waals surface area contributed by atoms with Gasteiger partial charge in [-0.05, 0) is 64.2 Å². The molecular weight excluding hydrogens is 838 g/mol. The van der Waals surface area contributed by atoms with Gasteiger partial charge in [0, 0.05) is 43.9 Å². The molecule has 0 aromatic carbocycles. The van der Waals surface area contributed by atoms with Gasteiger partial charge in [-0.15, -0.1) is 0 Å². The molecule has 1 fully saturated rings. The van der Waals surface area contributed by atoms with E-state index in [-0.39, 0.29) is 44.5 Å². The maximum absolute atomic E-state index is 12.9. The van der Waals surface area contributed by atoms with Gasteiger partial charge in [0.15, 0.2) is 6.10 Å². The molecule has 13 nitrogen and oxygen atoms in total. The number of rotatable bonds is 38. The second-order valence-electron chi connectivity index (χ2n) is 17.8. The number of unbranched alkanes of at least 4 members (excludes halogenated alkanes) is 6. The molecule has 366 valence electrons. The molecule has 1 aliphatic carbocycles. The van der Waals surface area contributed by atoms with E-state index in [2.05, 4.69) is 62.5 Å². The van der Waals surface area contributed by atoms with Crippen LogP contribution in [0.25, 0.3) is 0 Å². The van der Waals surface area contributed by atoms with Crippen LogP contribution in [-0.2, 0) is 37.5 Å². The SMILES string of the molecule is CCCCC/C=C\C/C=C\C/C=C\C/C=C\C/C=C\CCC(=O)OC[C@H](COP(=O)(O)OCC[N+](C)(C)C)OC(=O)CCCCC(=O)C[C@@H]1[C@@H](/C=C/[C@@H](O)CCCCC)[C@H](O)C[C@@H]1O. The summed E-state index contributed by atoms with van der Waals surface area (Å²) < 4.78 is 34.1. The first kappa shape index (κ1) is 59.0. The summed E-state index contributed by atoms with van der Waals surface area (Å²) in [5.41, 5.74) is 0. The molecule has 0 aliphatic heterocycles. The Bertz CT molecular complexity index is 1500. The first-order valence-electron chi connectivity index (χ1n) is 23.8. The predicted octanol–water partition coefficient (Wildman–Crippen LogP) is 9.36. The lowest BCUT2D eigenvalue weighted by Crippen LogP contribution is -2.37. The van der Waals surface area contributed by atoms with Crippen LogP contribution in [0.4, 0.5) is 0 Å². The average molecular weight is 923 g/mol. The number of phosphoric acid groups is 1. The number of allylic oxidation sites excluding steroid dienone is 10. The summed E-state index contributed by atoms with van der Waals surface area (Å²) in [4.78, 5) is 48.5. The number of carbonyl (C=O) groups excluding carboxylic acids is 3. The lowest BCUT2D eigenvalue weighted by molar-refractivity contribution is -0.870.